The van der Waals surface area contributed by atoms with E-state index in [4.69, 9.17) is 9.84 Å². The van der Waals surface area contributed by atoms with E-state index in [9.17, 15) is 14.4 Å². The van der Waals surface area contributed by atoms with Crippen molar-refractivity contribution in [2.75, 3.05) is 7.11 Å². The predicted octanol–water partition coefficient (Wildman–Crippen LogP) is 0.224. The Kier molecular flexibility index (Phi) is 3.32. The molecule has 118 valence electrons. The first kappa shape index (κ1) is 14.7. The summed E-state index contributed by atoms with van der Waals surface area (Å²) in [5.74, 6) is -1.69. The summed E-state index contributed by atoms with van der Waals surface area (Å²) in [6.07, 6.45) is 2.67. The summed E-state index contributed by atoms with van der Waals surface area (Å²) in [6, 6.07) is 1.56. The largest absolute Gasteiger partial charge is 0.480 e. The van der Waals surface area contributed by atoms with Crippen LogP contribution in [0.15, 0.2) is 23.3 Å². The van der Waals surface area contributed by atoms with E-state index in [1.54, 1.807) is 13.0 Å². The van der Waals surface area contributed by atoms with Crippen LogP contribution in [-0.4, -0.2) is 43.3 Å². The minimum atomic E-state index is -1.12. The number of carboxylic acid groups (broad SMARTS) is 1. The fourth-order valence-electron chi connectivity index (χ4n) is 2.43. The number of esters is 1. The van der Waals surface area contributed by atoms with Crippen LogP contribution in [0.3, 0.4) is 0 Å². The van der Waals surface area contributed by atoms with Crippen molar-refractivity contribution in [3.05, 3.63) is 40.1 Å². The summed E-state index contributed by atoms with van der Waals surface area (Å²) in [5.41, 5.74) is 0.861. The lowest BCUT2D eigenvalue weighted by Gasteiger charge is -2.05. The van der Waals surface area contributed by atoms with Crippen molar-refractivity contribution >= 4 is 28.5 Å². The van der Waals surface area contributed by atoms with Crippen molar-refractivity contribution in [1.82, 2.24) is 19.2 Å². The molecule has 0 unspecified atom stereocenters. The van der Waals surface area contributed by atoms with Gasteiger partial charge in [-0.1, -0.05) is 0 Å². The van der Waals surface area contributed by atoms with Gasteiger partial charge in [0.15, 0.2) is 5.65 Å². The SMILES string of the molecule is COC(=O)c1c(C)nn2c1ncc1c(=O)n(CC(=O)O)ccc12. The van der Waals surface area contributed by atoms with Crippen LogP contribution in [0.4, 0.5) is 0 Å². The number of aromatic nitrogens is 4. The third-order valence-electron chi connectivity index (χ3n) is 3.45. The maximum absolute atomic E-state index is 12.3. The second-order valence-corrected chi connectivity index (χ2v) is 4.89. The van der Waals surface area contributed by atoms with Crippen molar-refractivity contribution in [2.45, 2.75) is 13.5 Å². The van der Waals surface area contributed by atoms with Crippen LogP contribution in [0.1, 0.15) is 16.1 Å². The highest BCUT2D eigenvalue weighted by atomic mass is 16.5. The van der Waals surface area contributed by atoms with Gasteiger partial charge in [0, 0.05) is 12.4 Å². The van der Waals surface area contributed by atoms with Crippen molar-refractivity contribution in [3.8, 4) is 0 Å². The second kappa shape index (κ2) is 5.20. The van der Waals surface area contributed by atoms with Crippen LogP contribution < -0.4 is 5.56 Å². The molecule has 0 fully saturated rings. The molecule has 3 heterocycles. The van der Waals surface area contributed by atoms with E-state index in [1.807, 2.05) is 0 Å². The monoisotopic (exact) mass is 316 g/mol. The number of nitrogens with zero attached hydrogens (tertiary/aromatic N) is 4. The highest BCUT2D eigenvalue weighted by Crippen LogP contribution is 2.18. The first-order valence-corrected chi connectivity index (χ1v) is 6.61. The normalized spacial score (nSPS) is 11.0. The number of ether oxygens (including phenoxy) is 1. The van der Waals surface area contributed by atoms with Crippen LogP contribution >= 0.6 is 0 Å². The van der Waals surface area contributed by atoms with Gasteiger partial charge in [0.1, 0.15) is 12.1 Å². The molecule has 0 spiro atoms. The number of pyridine rings is 1. The van der Waals surface area contributed by atoms with E-state index in [1.165, 1.54) is 24.0 Å². The zero-order valence-electron chi connectivity index (χ0n) is 12.3. The zero-order valence-corrected chi connectivity index (χ0v) is 12.3. The number of fused-ring (bicyclic) bond motifs is 3. The van der Waals surface area contributed by atoms with Gasteiger partial charge in [0.2, 0.25) is 0 Å². The number of carbonyl (C=O) groups excluding carboxylic acids is 1. The fraction of sp³-hybridized carbons (Fsp3) is 0.214. The van der Waals surface area contributed by atoms with Gasteiger partial charge in [0.05, 0.1) is 23.7 Å². The Morgan fingerprint density at radius 2 is 2.13 bits per heavy atom. The standard InChI is InChI=1S/C14H12N4O5/c1-7-11(14(22)23-2)12-15-5-8-9(18(12)16-7)3-4-17(13(8)21)6-10(19)20/h3-5H,6H2,1-2H3,(H,19,20). The highest BCUT2D eigenvalue weighted by Gasteiger charge is 2.20. The number of hydrogen-bond acceptors (Lipinski definition) is 6. The van der Waals surface area contributed by atoms with Crippen LogP contribution in [0.2, 0.25) is 0 Å². The predicted molar refractivity (Wildman–Crippen MR) is 78.5 cm³/mol. The molecule has 0 saturated heterocycles. The average molecular weight is 316 g/mol. The van der Waals surface area contributed by atoms with E-state index in [0.29, 0.717) is 11.2 Å². The van der Waals surface area contributed by atoms with Gasteiger partial charge < -0.3 is 14.4 Å². The van der Waals surface area contributed by atoms with Gasteiger partial charge in [0.25, 0.3) is 5.56 Å². The molecule has 0 aliphatic carbocycles. The van der Waals surface area contributed by atoms with E-state index in [-0.39, 0.29) is 16.6 Å². The second-order valence-electron chi connectivity index (χ2n) is 4.89. The summed E-state index contributed by atoms with van der Waals surface area (Å²) in [7, 11) is 1.26. The molecule has 23 heavy (non-hydrogen) atoms. The molecule has 0 aliphatic heterocycles. The minimum Gasteiger partial charge on any atom is -0.480 e. The molecule has 3 aromatic heterocycles. The number of aryl methyl sites for hydroxylation is 1. The van der Waals surface area contributed by atoms with Gasteiger partial charge in [-0.3, -0.25) is 9.59 Å². The van der Waals surface area contributed by atoms with E-state index in [0.717, 1.165) is 4.57 Å². The third kappa shape index (κ3) is 2.22. The van der Waals surface area contributed by atoms with Gasteiger partial charge in [-0.2, -0.15) is 5.10 Å². The lowest BCUT2D eigenvalue weighted by molar-refractivity contribution is -0.137. The Hall–Kier alpha value is -3.23. The number of carboxylic acids is 1. The Balaban J connectivity index is 2.33. The Morgan fingerprint density at radius 3 is 2.78 bits per heavy atom. The zero-order chi connectivity index (χ0) is 16.7. The lowest BCUT2D eigenvalue weighted by Crippen LogP contribution is -2.24. The van der Waals surface area contributed by atoms with Gasteiger partial charge in [-0.15, -0.1) is 0 Å². The smallest absolute Gasteiger partial charge is 0.343 e. The number of rotatable bonds is 3. The van der Waals surface area contributed by atoms with Crippen molar-refractivity contribution < 1.29 is 19.4 Å². The van der Waals surface area contributed by atoms with Gasteiger partial charge in [-0.05, 0) is 13.0 Å². The summed E-state index contributed by atoms with van der Waals surface area (Å²) < 4.78 is 7.16. The first-order chi connectivity index (χ1) is 10.9. The topological polar surface area (TPSA) is 116 Å². The number of carbonyl (C=O) groups is 2. The Labute approximate surface area is 128 Å². The number of aliphatic carboxylic acids is 1. The van der Waals surface area contributed by atoms with E-state index in [2.05, 4.69) is 10.1 Å². The molecule has 0 atom stereocenters. The van der Waals surface area contributed by atoms with Crippen LogP contribution in [0, 0.1) is 6.92 Å². The Morgan fingerprint density at radius 1 is 1.39 bits per heavy atom. The summed E-state index contributed by atoms with van der Waals surface area (Å²) >= 11 is 0. The highest BCUT2D eigenvalue weighted by molar-refractivity contribution is 5.98. The minimum absolute atomic E-state index is 0.208. The first-order valence-electron chi connectivity index (χ1n) is 6.61. The fourth-order valence-corrected chi connectivity index (χ4v) is 2.43. The molecule has 0 amide bonds. The van der Waals surface area contributed by atoms with Crippen LogP contribution in [0.25, 0.3) is 16.6 Å². The molecule has 1 N–H and O–H groups in total. The lowest BCUT2D eigenvalue weighted by atomic mass is 10.2. The molecule has 3 aromatic rings. The molecule has 0 saturated carbocycles. The van der Waals surface area contributed by atoms with Crippen molar-refractivity contribution in [3.63, 3.8) is 0 Å². The van der Waals surface area contributed by atoms with E-state index < -0.39 is 24.0 Å². The van der Waals surface area contributed by atoms with E-state index >= 15 is 0 Å². The maximum atomic E-state index is 12.3. The van der Waals surface area contributed by atoms with Gasteiger partial charge in [-0.25, -0.2) is 14.3 Å². The van der Waals surface area contributed by atoms with Crippen LogP contribution in [-0.2, 0) is 16.1 Å². The van der Waals surface area contributed by atoms with Crippen molar-refractivity contribution in [2.24, 2.45) is 0 Å². The summed E-state index contributed by atoms with van der Waals surface area (Å²) in [6.45, 7) is 1.19. The molecule has 9 heteroatoms. The molecule has 3 rings (SSSR count). The molecule has 0 aliphatic rings. The Bertz CT molecular complexity index is 1020. The van der Waals surface area contributed by atoms with Gasteiger partial charge >= 0.3 is 11.9 Å². The molecule has 9 nitrogen and oxygen atoms in total. The molecular formula is C14H12N4O5. The summed E-state index contributed by atoms with van der Waals surface area (Å²) in [5, 5.41) is 13.3. The number of methoxy groups -OCH3 is 1. The maximum Gasteiger partial charge on any atom is 0.343 e. The molecule has 0 aromatic carbocycles. The van der Waals surface area contributed by atoms with Crippen LogP contribution in [0.5, 0.6) is 0 Å². The molecule has 0 radical (unpaired) electrons. The quantitative estimate of drug-likeness (QED) is 0.687. The average Bonchev–Trinajstić information content (AvgIpc) is 2.85. The third-order valence-corrected chi connectivity index (χ3v) is 3.45. The molecule has 0 bridgehead atoms. The number of hydrogen-bond donors (Lipinski definition) is 1. The molecular weight excluding hydrogens is 304 g/mol. The summed E-state index contributed by atoms with van der Waals surface area (Å²) in [4.78, 5) is 39.1. The van der Waals surface area contributed by atoms with Crippen molar-refractivity contribution in [1.29, 1.82) is 0 Å².